The zero-order valence-corrected chi connectivity index (χ0v) is 18.6. The lowest BCUT2D eigenvalue weighted by Crippen LogP contribution is -2.15. The zero-order chi connectivity index (χ0) is 24.4. The van der Waals surface area contributed by atoms with Crippen molar-refractivity contribution in [3.63, 3.8) is 0 Å². The Morgan fingerprint density at radius 1 is 0.794 bits per heavy atom. The Morgan fingerprint density at radius 2 is 1.32 bits per heavy atom. The lowest BCUT2D eigenvalue weighted by atomic mass is 10.0. The number of amides is 1. The average Bonchev–Trinajstić information content (AvgIpc) is 2.86. The number of benzene rings is 4. The number of hydrogen-bond acceptors (Lipinski definition) is 7. The first-order chi connectivity index (χ1) is 16.4. The summed E-state index contributed by atoms with van der Waals surface area (Å²) >= 11 is 0. The van der Waals surface area contributed by atoms with E-state index in [0.717, 1.165) is 0 Å². The highest BCUT2D eigenvalue weighted by atomic mass is 16.6. The molecule has 0 atom stereocenters. The maximum absolute atomic E-state index is 13.4. The molecule has 0 bridgehead atoms. The van der Waals surface area contributed by atoms with E-state index in [-0.39, 0.29) is 22.6 Å². The first-order valence-corrected chi connectivity index (χ1v) is 10.1. The van der Waals surface area contributed by atoms with E-state index in [9.17, 15) is 19.7 Å². The summed E-state index contributed by atoms with van der Waals surface area (Å²) in [6.45, 7) is 0. The zero-order valence-electron chi connectivity index (χ0n) is 18.6. The van der Waals surface area contributed by atoms with Crippen LogP contribution in [0.1, 0.15) is 20.7 Å². The van der Waals surface area contributed by atoms with E-state index in [0.29, 0.717) is 33.0 Å². The molecule has 0 saturated carbocycles. The molecular formula is C25H20N2O7. The van der Waals surface area contributed by atoms with E-state index in [2.05, 4.69) is 5.32 Å². The van der Waals surface area contributed by atoms with Gasteiger partial charge in [-0.3, -0.25) is 14.9 Å². The minimum Gasteiger partial charge on any atom is -0.495 e. The van der Waals surface area contributed by atoms with Gasteiger partial charge in [0.15, 0.2) is 0 Å². The second-order valence-electron chi connectivity index (χ2n) is 7.28. The minimum absolute atomic E-state index is 0.0209. The van der Waals surface area contributed by atoms with Gasteiger partial charge in [0.05, 0.1) is 42.9 Å². The third kappa shape index (κ3) is 3.73. The molecule has 0 heterocycles. The Morgan fingerprint density at radius 3 is 1.88 bits per heavy atom. The number of carbonyl (C=O) groups excluding carboxylic acids is 2. The Labute approximate surface area is 194 Å². The topological polar surface area (TPSA) is 117 Å². The van der Waals surface area contributed by atoms with E-state index < -0.39 is 16.8 Å². The summed E-state index contributed by atoms with van der Waals surface area (Å²) in [5, 5.41) is 16.5. The number of anilines is 1. The van der Waals surface area contributed by atoms with Gasteiger partial charge in [-0.15, -0.1) is 0 Å². The van der Waals surface area contributed by atoms with Crippen molar-refractivity contribution in [1.82, 2.24) is 0 Å². The van der Waals surface area contributed by atoms with Crippen molar-refractivity contribution < 1.29 is 28.7 Å². The number of nitrogens with one attached hydrogen (secondary N) is 1. The van der Waals surface area contributed by atoms with Crippen LogP contribution < -0.4 is 14.8 Å². The van der Waals surface area contributed by atoms with Crippen LogP contribution in [0.3, 0.4) is 0 Å². The molecule has 0 unspecified atom stereocenters. The van der Waals surface area contributed by atoms with Gasteiger partial charge in [-0.2, -0.15) is 0 Å². The lowest BCUT2D eigenvalue weighted by Gasteiger charge is -2.16. The van der Waals surface area contributed by atoms with Crippen molar-refractivity contribution in [1.29, 1.82) is 0 Å². The summed E-state index contributed by atoms with van der Waals surface area (Å²) in [6, 6.07) is 16.3. The monoisotopic (exact) mass is 460 g/mol. The molecule has 4 aromatic carbocycles. The van der Waals surface area contributed by atoms with E-state index in [1.54, 1.807) is 48.5 Å². The van der Waals surface area contributed by atoms with Crippen molar-refractivity contribution in [2.24, 2.45) is 0 Å². The van der Waals surface area contributed by atoms with Crippen LogP contribution in [0.15, 0.2) is 60.7 Å². The van der Waals surface area contributed by atoms with Gasteiger partial charge < -0.3 is 19.5 Å². The third-order valence-corrected chi connectivity index (χ3v) is 5.47. The van der Waals surface area contributed by atoms with Crippen molar-refractivity contribution in [3.8, 4) is 11.5 Å². The summed E-state index contributed by atoms with van der Waals surface area (Å²) in [5.74, 6) is -0.780. The molecule has 0 radical (unpaired) electrons. The van der Waals surface area contributed by atoms with Crippen LogP contribution in [0.2, 0.25) is 0 Å². The number of non-ortho nitro benzene ring substituents is 1. The van der Waals surface area contributed by atoms with Crippen LogP contribution in [-0.4, -0.2) is 38.1 Å². The standard InChI is InChI=1S/C25H20N2O7/c1-32-22-17-11-7-5-9-15(17)21(27(30)31)13-18(22)24(28)26-20-12-19(25(29)34-3)23(33-2)16-10-6-4-8-14(16)20/h4-13H,1-3H3,(H,26,28). The highest BCUT2D eigenvalue weighted by Crippen LogP contribution is 2.39. The maximum Gasteiger partial charge on any atom is 0.341 e. The van der Waals surface area contributed by atoms with Gasteiger partial charge >= 0.3 is 5.97 Å². The van der Waals surface area contributed by atoms with Crippen LogP contribution in [-0.2, 0) is 4.74 Å². The Bertz CT molecular complexity index is 1460. The summed E-state index contributed by atoms with van der Waals surface area (Å²) in [5.41, 5.74) is 0.180. The third-order valence-electron chi connectivity index (χ3n) is 5.47. The number of ether oxygens (including phenoxy) is 3. The minimum atomic E-state index is -0.642. The molecule has 1 N–H and O–H groups in total. The van der Waals surface area contributed by atoms with Gasteiger partial charge in [0.1, 0.15) is 17.1 Å². The summed E-state index contributed by atoms with van der Waals surface area (Å²) in [7, 11) is 4.07. The SMILES string of the molecule is COC(=O)c1cc(NC(=O)c2cc([N+](=O)[O-])c3ccccc3c2OC)c2ccccc2c1OC. The first-order valence-electron chi connectivity index (χ1n) is 10.1. The highest BCUT2D eigenvalue weighted by molar-refractivity contribution is 6.16. The second kappa shape index (κ2) is 9.07. The second-order valence-corrected chi connectivity index (χ2v) is 7.28. The van der Waals surface area contributed by atoms with Crippen LogP contribution in [0.25, 0.3) is 21.5 Å². The molecule has 4 aromatic rings. The van der Waals surface area contributed by atoms with Gasteiger partial charge in [0.2, 0.25) is 0 Å². The average molecular weight is 460 g/mol. The Kier molecular flexibility index (Phi) is 6.01. The summed E-state index contributed by atoms with van der Waals surface area (Å²) < 4.78 is 15.8. The van der Waals surface area contributed by atoms with Gasteiger partial charge in [-0.1, -0.05) is 42.5 Å². The van der Waals surface area contributed by atoms with Crippen LogP contribution in [0.4, 0.5) is 11.4 Å². The van der Waals surface area contributed by atoms with Crippen molar-refractivity contribution in [3.05, 3.63) is 81.9 Å². The Hall–Kier alpha value is -4.66. The van der Waals surface area contributed by atoms with E-state index in [1.165, 1.54) is 33.5 Å². The van der Waals surface area contributed by atoms with Crippen LogP contribution >= 0.6 is 0 Å². The predicted molar refractivity (Wildman–Crippen MR) is 127 cm³/mol. The maximum atomic E-state index is 13.4. The number of nitrogens with zero attached hydrogens (tertiary/aromatic N) is 1. The molecule has 0 fully saturated rings. The first kappa shape index (κ1) is 22.5. The van der Waals surface area contributed by atoms with Crippen molar-refractivity contribution in [2.75, 3.05) is 26.6 Å². The van der Waals surface area contributed by atoms with E-state index in [4.69, 9.17) is 14.2 Å². The largest absolute Gasteiger partial charge is 0.495 e. The lowest BCUT2D eigenvalue weighted by molar-refractivity contribution is -0.383. The summed E-state index contributed by atoms with van der Waals surface area (Å²) in [6.07, 6.45) is 0. The number of esters is 1. The van der Waals surface area contributed by atoms with Gasteiger partial charge in [-0.05, 0) is 12.1 Å². The number of hydrogen-bond donors (Lipinski definition) is 1. The van der Waals surface area contributed by atoms with Crippen LogP contribution in [0, 0.1) is 10.1 Å². The Balaban J connectivity index is 1.91. The van der Waals surface area contributed by atoms with E-state index in [1.807, 2.05) is 0 Å². The van der Waals surface area contributed by atoms with Crippen molar-refractivity contribution >= 4 is 44.8 Å². The van der Waals surface area contributed by atoms with Gasteiger partial charge in [0, 0.05) is 22.2 Å². The molecule has 0 aliphatic rings. The summed E-state index contributed by atoms with van der Waals surface area (Å²) in [4.78, 5) is 37.0. The number of nitro benzene ring substituents is 1. The molecule has 9 heteroatoms. The van der Waals surface area contributed by atoms with Crippen LogP contribution in [0.5, 0.6) is 11.5 Å². The molecule has 34 heavy (non-hydrogen) atoms. The van der Waals surface area contributed by atoms with Crippen molar-refractivity contribution in [2.45, 2.75) is 0 Å². The molecule has 172 valence electrons. The number of methoxy groups -OCH3 is 3. The van der Waals surface area contributed by atoms with Gasteiger partial charge in [0.25, 0.3) is 11.6 Å². The highest BCUT2D eigenvalue weighted by Gasteiger charge is 2.25. The molecule has 0 aliphatic carbocycles. The number of fused-ring (bicyclic) bond motifs is 2. The molecule has 0 aromatic heterocycles. The molecule has 4 rings (SSSR count). The fourth-order valence-electron chi connectivity index (χ4n) is 3.99. The molecule has 0 spiro atoms. The molecular weight excluding hydrogens is 440 g/mol. The molecule has 9 nitrogen and oxygen atoms in total. The van der Waals surface area contributed by atoms with E-state index >= 15 is 0 Å². The molecule has 0 saturated heterocycles. The van der Waals surface area contributed by atoms with Gasteiger partial charge in [-0.25, -0.2) is 4.79 Å². The fourth-order valence-corrected chi connectivity index (χ4v) is 3.99. The molecule has 0 aliphatic heterocycles. The number of nitro groups is 1. The number of carbonyl (C=O) groups is 2. The molecule has 1 amide bonds. The fraction of sp³-hybridized carbons (Fsp3) is 0.120. The smallest absolute Gasteiger partial charge is 0.341 e. The number of rotatable bonds is 6. The quantitative estimate of drug-likeness (QED) is 0.246. The predicted octanol–water partition coefficient (Wildman–Crippen LogP) is 4.96. The normalized spacial score (nSPS) is 10.7.